The van der Waals surface area contributed by atoms with Crippen molar-refractivity contribution in [3.63, 3.8) is 0 Å². The van der Waals surface area contributed by atoms with Crippen LogP contribution in [-0.4, -0.2) is 11.1 Å². The summed E-state index contributed by atoms with van der Waals surface area (Å²) in [5.41, 5.74) is 3.89. The van der Waals surface area contributed by atoms with Crippen molar-refractivity contribution < 1.29 is 9.90 Å². The van der Waals surface area contributed by atoms with Crippen LogP contribution < -0.4 is 0 Å². The van der Waals surface area contributed by atoms with Crippen LogP contribution in [0, 0.1) is 5.92 Å². The Balaban J connectivity index is 1.91. The van der Waals surface area contributed by atoms with Crippen molar-refractivity contribution in [2.75, 3.05) is 0 Å². The molecule has 0 aliphatic rings. The van der Waals surface area contributed by atoms with Gasteiger partial charge < -0.3 is 5.11 Å². The van der Waals surface area contributed by atoms with Crippen molar-refractivity contribution in [3.8, 4) is 11.1 Å². The minimum Gasteiger partial charge on any atom is -0.478 e. The zero-order valence-corrected chi connectivity index (χ0v) is 14.8. The summed E-state index contributed by atoms with van der Waals surface area (Å²) in [6, 6.07) is 15.7. The maximum absolute atomic E-state index is 10.9. The van der Waals surface area contributed by atoms with Crippen molar-refractivity contribution in [2.24, 2.45) is 5.92 Å². The summed E-state index contributed by atoms with van der Waals surface area (Å²) in [4.78, 5) is 10.9. The number of benzene rings is 2. The molecule has 0 spiro atoms. The van der Waals surface area contributed by atoms with Gasteiger partial charge >= 0.3 is 5.97 Å². The molecule has 1 atom stereocenters. The summed E-state index contributed by atoms with van der Waals surface area (Å²) >= 11 is 0. The molecule has 0 heterocycles. The summed E-state index contributed by atoms with van der Waals surface area (Å²) in [6.07, 6.45) is 7.77. The number of aromatic carboxylic acids is 1. The lowest BCUT2D eigenvalue weighted by Gasteiger charge is -2.12. The molecule has 0 saturated carbocycles. The predicted molar refractivity (Wildman–Crippen MR) is 100 cm³/mol. The van der Waals surface area contributed by atoms with E-state index in [1.54, 1.807) is 12.1 Å². The molecule has 0 fully saturated rings. The molecule has 2 aromatic rings. The highest BCUT2D eigenvalue weighted by Crippen LogP contribution is 2.22. The summed E-state index contributed by atoms with van der Waals surface area (Å²) in [7, 11) is 0. The fourth-order valence-corrected chi connectivity index (χ4v) is 3.06. The van der Waals surface area contributed by atoms with E-state index in [4.69, 9.17) is 5.11 Å². The van der Waals surface area contributed by atoms with E-state index in [1.165, 1.54) is 37.7 Å². The average Bonchev–Trinajstić information content (AvgIpc) is 2.59. The highest BCUT2D eigenvalue weighted by atomic mass is 16.4. The summed E-state index contributed by atoms with van der Waals surface area (Å²) in [5.74, 6) is -0.160. The minimum absolute atomic E-state index is 0.326. The molecule has 128 valence electrons. The standard InChI is InChI=1S/C22H28O2/c1-3-4-5-6-7-17(2)16-18-8-10-19(11-9-18)20-12-14-21(15-13-20)22(23)24/h8-15,17H,3-7,16H2,1-2H3,(H,23,24)/t17-/m0/s1. The Bertz CT molecular complexity index is 626. The third-order valence-electron chi connectivity index (χ3n) is 4.55. The average molecular weight is 324 g/mol. The lowest BCUT2D eigenvalue weighted by atomic mass is 9.94. The number of rotatable bonds is 9. The van der Waals surface area contributed by atoms with Crippen LogP contribution in [0.5, 0.6) is 0 Å². The summed E-state index contributed by atoms with van der Waals surface area (Å²) in [6.45, 7) is 4.59. The second-order valence-corrected chi connectivity index (χ2v) is 6.74. The Morgan fingerprint density at radius 1 is 0.917 bits per heavy atom. The van der Waals surface area contributed by atoms with Gasteiger partial charge in [0.2, 0.25) is 0 Å². The van der Waals surface area contributed by atoms with E-state index in [0.717, 1.165) is 23.5 Å². The van der Waals surface area contributed by atoms with E-state index in [-0.39, 0.29) is 0 Å². The van der Waals surface area contributed by atoms with Crippen LogP contribution in [-0.2, 0) is 6.42 Å². The molecule has 0 aromatic heterocycles. The fourth-order valence-electron chi connectivity index (χ4n) is 3.06. The molecule has 0 saturated heterocycles. The molecule has 2 rings (SSSR count). The molecule has 24 heavy (non-hydrogen) atoms. The number of carboxylic acid groups (broad SMARTS) is 1. The maximum Gasteiger partial charge on any atom is 0.335 e. The third kappa shape index (κ3) is 5.52. The molecular formula is C22H28O2. The Morgan fingerprint density at radius 2 is 1.50 bits per heavy atom. The number of carbonyl (C=O) groups is 1. The molecule has 0 amide bonds. The quantitative estimate of drug-likeness (QED) is 0.557. The van der Waals surface area contributed by atoms with Crippen molar-refractivity contribution in [2.45, 2.75) is 52.4 Å². The first kappa shape index (κ1) is 18.3. The van der Waals surface area contributed by atoms with Gasteiger partial charge in [0.25, 0.3) is 0 Å². The van der Waals surface area contributed by atoms with Gasteiger partial charge in [0.1, 0.15) is 0 Å². The Labute approximate surface area is 145 Å². The smallest absolute Gasteiger partial charge is 0.335 e. The third-order valence-corrected chi connectivity index (χ3v) is 4.55. The van der Waals surface area contributed by atoms with E-state index in [0.29, 0.717) is 5.56 Å². The van der Waals surface area contributed by atoms with Crippen LogP contribution in [0.1, 0.15) is 61.9 Å². The van der Waals surface area contributed by atoms with Crippen molar-refractivity contribution in [3.05, 3.63) is 59.7 Å². The lowest BCUT2D eigenvalue weighted by molar-refractivity contribution is 0.0697. The Hall–Kier alpha value is -2.09. The molecule has 0 bridgehead atoms. The number of carboxylic acids is 1. The molecule has 0 radical (unpaired) electrons. The van der Waals surface area contributed by atoms with Crippen molar-refractivity contribution >= 4 is 5.97 Å². The van der Waals surface area contributed by atoms with Crippen LogP contribution >= 0.6 is 0 Å². The van der Waals surface area contributed by atoms with E-state index in [2.05, 4.69) is 38.1 Å². The first-order valence-electron chi connectivity index (χ1n) is 9.02. The zero-order chi connectivity index (χ0) is 17.4. The van der Waals surface area contributed by atoms with Crippen LogP contribution in [0.2, 0.25) is 0 Å². The van der Waals surface area contributed by atoms with Crippen LogP contribution in [0.4, 0.5) is 0 Å². The molecule has 0 unspecified atom stereocenters. The minimum atomic E-state index is -0.884. The monoisotopic (exact) mass is 324 g/mol. The summed E-state index contributed by atoms with van der Waals surface area (Å²) in [5, 5.41) is 8.96. The lowest BCUT2D eigenvalue weighted by Crippen LogP contribution is -2.00. The maximum atomic E-state index is 10.9. The van der Waals surface area contributed by atoms with E-state index in [1.807, 2.05) is 12.1 Å². The normalized spacial score (nSPS) is 12.1. The molecule has 0 aliphatic heterocycles. The number of hydrogen-bond acceptors (Lipinski definition) is 1. The Kier molecular flexibility index (Phi) is 7.05. The van der Waals surface area contributed by atoms with Gasteiger partial charge in [-0.25, -0.2) is 4.79 Å². The summed E-state index contributed by atoms with van der Waals surface area (Å²) < 4.78 is 0. The van der Waals surface area contributed by atoms with Gasteiger partial charge in [-0.1, -0.05) is 82.3 Å². The topological polar surface area (TPSA) is 37.3 Å². The second kappa shape index (κ2) is 9.27. The van der Waals surface area contributed by atoms with Crippen LogP contribution in [0.15, 0.2) is 48.5 Å². The first-order valence-corrected chi connectivity index (χ1v) is 9.02. The number of hydrogen-bond donors (Lipinski definition) is 1. The van der Waals surface area contributed by atoms with Gasteiger partial charge in [-0.05, 0) is 41.2 Å². The largest absolute Gasteiger partial charge is 0.478 e. The highest BCUT2D eigenvalue weighted by Gasteiger charge is 2.06. The molecule has 1 N–H and O–H groups in total. The van der Waals surface area contributed by atoms with Crippen molar-refractivity contribution in [1.29, 1.82) is 0 Å². The molecule has 2 heteroatoms. The van der Waals surface area contributed by atoms with Gasteiger partial charge in [0, 0.05) is 0 Å². The van der Waals surface area contributed by atoms with Crippen molar-refractivity contribution in [1.82, 2.24) is 0 Å². The predicted octanol–water partition coefficient (Wildman–Crippen LogP) is 6.20. The molecular weight excluding hydrogens is 296 g/mol. The van der Waals surface area contributed by atoms with Crippen LogP contribution in [0.3, 0.4) is 0 Å². The van der Waals surface area contributed by atoms with Gasteiger partial charge in [-0.15, -0.1) is 0 Å². The van der Waals surface area contributed by atoms with E-state index >= 15 is 0 Å². The van der Waals surface area contributed by atoms with Gasteiger partial charge in [0.15, 0.2) is 0 Å². The van der Waals surface area contributed by atoms with Gasteiger partial charge in [0.05, 0.1) is 5.56 Å². The molecule has 0 aliphatic carbocycles. The fraction of sp³-hybridized carbons (Fsp3) is 0.409. The number of unbranched alkanes of at least 4 members (excludes halogenated alkanes) is 3. The zero-order valence-electron chi connectivity index (χ0n) is 14.8. The SMILES string of the molecule is CCCCCC[C@H](C)Cc1ccc(-c2ccc(C(=O)O)cc2)cc1. The second-order valence-electron chi connectivity index (χ2n) is 6.74. The first-order chi connectivity index (χ1) is 11.6. The highest BCUT2D eigenvalue weighted by molar-refractivity contribution is 5.88. The molecule has 2 aromatic carbocycles. The van der Waals surface area contributed by atoms with E-state index in [9.17, 15) is 4.79 Å². The van der Waals surface area contributed by atoms with Crippen LogP contribution in [0.25, 0.3) is 11.1 Å². The van der Waals surface area contributed by atoms with E-state index < -0.39 is 5.97 Å². The van der Waals surface area contributed by atoms with Gasteiger partial charge in [-0.2, -0.15) is 0 Å². The Morgan fingerprint density at radius 3 is 2.04 bits per heavy atom. The van der Waals surface area contributed by atoms with Gasteiger partial charge in [-0.3, -0.25) is 0 Å². The molecule has 2 nitrogen and oxygen atoms in total.